The van der Waals surface area contributed by atoms with Crippen LogP contribution >= 0.6 is 0 Å². The van der Waals surface area contributed by atoms with Gasteiger partial charge in [-0.25, -0.2) is 0 Å². The number of methoxy groups -OCH3 is 1. The summed E-state index contributed by atoms with van der Waals surface area (Å²) < 4.78 is 5.18. The van der Waals surface area contributed by atoms with Crippen molar-refractivity contribution in [2.45, 2.75) is 6.04 Å². The van der Waals surface area contributed by atoms with Crippen LogP contribution in [0.2, 0.25) is 0 Å². The summed E-state index contributed by atoms with van der Waals surface area (Å²) in [6, 6.07) is 11.3. The lowest BCUT2D eigenvalue weighted by Gasteiger charge is -2.26. The maximum absolute atomic E-state index is 12.9. The van der Waals surface area contributed by atoms with E-state index in [4.69, 9.17) is 4.74 Å². The number of amides is 1. The Morgan fingerprint density at radius 1 is 1.19 bits per heavy atom. The largest absolute Gasteiger partial charge is 0.507 e. The van der Waals surface area contributed by atoms with Gasteiger partial charge in [0.05, 0.1) is 23.6 Å². The number of ketones is 1. The molecular formula is C22H23N3O6. The number of aliphatic hydroxyl groups is 1. The molecule has 0 bridgehead atoms. The summed E-state index contributed by atoms with van der Waals surface area (Å²) in [5, 5.41) is 22.0. The number of carbonyl (C=O) groups is 2. The number of non-ortho nitro benzene ring substituents is 1. The number of carbonyl (C=O) groups excluding carboxylic acids is 2. The van der Waals surface area contributed by atoms with E-state index in [0.29, 0.717) is 23.4 Å². The molecule has 9 heteroatoms. The minimum absolute atomic E-state index is 0.0640. The number of nitro groups is 1. The third-order valence-electron chi connectivity index (χ3n) is 5.09. The van der Waals surface area contributed by atoms with E-state index in [1.165, 1.54) is 36.3 Å². The number of hydrogen-bond acceptors (Lipinski definition) is 7. The number of nitrogens with zero attached hydrogens (tertiary/aromatic N) is 3. The summed E-state index contributed by atoms with van der Waals surface area (Å²) >= 11 is 0. The fourth-order valence-corrected chi connectivity index (χ4v) is 3.47. The lowest BCUT2D eigenvalue weighted by molar-refractivity contribution is -0.384. The highest BCUT2D eigenvalue weighted by molar-refractivity contribution is 6.46. The fraction of sp³-hybridized carbons (Fsp3) is 0.273. The molecule has 31 heavy (non-hydrogen) atoms. The van der Waals surface area contributed by atoms with Crippen LogP contribution in [0.25, 0.3) is 5.76 Å². The van der Waals surface area contributed by atoms with Crippen LogP contribution in [0.15, 0.2) is 54.1 Å². The Hall–Kier alpha value is -3.72. The molecule has 1 saturated heterocycles. The maximum atomic E-state index is 12.9. The second kappa shape index (κ2) is 8.97. The molecule has 1 aliphatic rings. The van der Waals surface area contributed by atoms with E-state index in [-0.39, 0.29) is 23.6 Å². The second-order valence-electron chi connectivity index (χ2n) is 7.38. The number of nitro benzene ring substituents is 1. The molecule has 2 aromatic carbocycles. The van der Waals surface area contributed by atoms with Crippen LogP contribution < -0.4 is 4.74 Å². The Morgan fingerprint density at radius 2 is 1.87 bits per heavy atom. The van der Waals surface area contributed by atoms with Gasteiger partial charge >= 0.3 is 0 Å². The molecule has 0 spiro atoms. The Kier molecular flexibility index (Phi) is 6.36. The lowest BCUT2D eigenvalue weighted by atomic mass is 9.95. The van der Waals surface area contributed by atoms with Crippen molar-refractivity contribution in [3.63, 3.8) is 0 Å². The first-order chi connectivity index (χ1) is 14.7. The normalized spacial score (nSPS) is 17.9. The van der Waals surface area contributed by atoms with Gasteiger partial charge in [-0.3, -0.25) is 19.7 Å². The Balaban J connectivity index is 2.15. The number of rotatable bonds is 7. The molecule has 1 N–H and O–H groups in total. The second-order valence-corrected chi connectivity index (χ2v) is 7.38. The molecule has 1 amide bonds. The van der Waals surface area contributed by atoms with Crippen LogP contribution in [-0.2, 0) is 9.59 Å². The topological polar surface area (TPSA) is 113 Å². The number of likely N-dealkylation sites (N-methyl/N-ethyl adjacent to an activating group) is 1. The zero-order chi connectivity index (χ0) is 22.7. The highest BCUT2D eigenvalue weighted by atomic mass is 16.6. The van der Waals surface area contributed by atoms with Crippen molar-refractivity contribution in [2.24, 2.45) is 0 Å². The summed E-state index contributed by atoms with van der Waals surface area (Å²) in [5.41, 5.74) is 0.650. The first-order valence-electron chi connectivity index (χ1n) is 9.56. The Bertz CT molecular complexity index is 1050. The van der Waals surface area contributed by atoms with Gasteiger partial charge in [-0.2, -0.15) is 0 Å². The van der Waals surface area contributed by atoms with Gasteiger partial charge in [0, 0.05) is 30.8 Å². The summed E-state index contributed by atoms with van der Waals surface area (Å²) in [7, 11) is 5.16. The number of aliphatic hydroxyl groups excluding tert-OH is 1. The summed E-state index contributed by atoms with van der Waals surface area (Å²) in [6.45, 7) is 0.740. The van der Waals surface area contributed by atoms with Crippen LogP contribution in [0.5, 0.6) is 5.75 Å². The highest BCUT2D eigenvalue weighted by Gasteiger charge is 2.46. The minimum Gasteiger partial charge on any atom is -0.507 e. The number of ether oxygens (including phenoxy) is 1. The van der Waals surface area contributed by atoms with Crippen molar-refractivity contribution in [2.75, 3.05) is 34.3 Å². The van der Waals surface area contributed by atoms with E-state index in [9.17, 15) is 24.8 Å². The molecule has 3 rings (SSSR count). The molecule has 1 fully saturated rings. The summed E-state index contributed by atoms with van der Waals surface area (Å²) in [6.07, 6.45) is 0. The van der Waals surface area contributed by atoms with Crippen LogP contribution in [0.3, 0.4) is 0 Å². The van der Waals surface area contributed by atoms with Gasteiger partial charge < -0.3 is 19.6 Å². The van der Waals surface area contributed by atoms with Crippen molar-refractivity contribution < 1.29 is 24.4 Å². The third-order valence-corrected chi connectivity index (χ3v) is 5.09. The maximum Gasteiger partial charge on any atom is 0.295 e. The molecular weight excluding hydrogens is 402 g/mol. The quantitative estimate of drug-likeness (QED) is 0.238. The van der Waals surface area contributed by atoms with Gasteiger partial charge in [0.25, 0.3) is 17.4 Å². The number of benzene rings is 2. The van der Waals surface area contributed by atoms with Gasteiger partial charge in [0.15, 0.2) is 0 Å². The SMILES string of the molecule is COc1cccc(/C(O)=C2\C(=O)C(=O)N(CCN(C)C)C2c2ccc([N+](=O)[O-])cc2)c1. The molecule has 1 heterocycles. The van der Waals surface area contributed by atoms with Gasteiger partial charge in [-0.05, 0) is 43.9 Å². The van der Waals surface area contributed by atoms with Gasteiger partial charge in [0.1, 0.15) is 11.5 Å². The first-order valence-corrected chi connectivity index (χ1v) is 9.56. The standard InChI is InChI=1S/C22H23N3O6/c1-23(2)11-12-24-19(14-7-9-16(10-8-14)25(29)30)18(21(27)22(24)28)20(26)15-5-4-6-17(13-15)31-3/h4-10,13,19,26H,11-12H2,1-3H3/b20-18+. The monoisotopic (exact) mass is 425 g/mol. The smallest absolute Gasteiger partial charge is 0.295 e. The minimum atomic E-state index is -0.869. The predicted molar refractivity (Wildman–Crippen MR) is 114 cm³/mol. The first kappa shape index (κ1) is 22.0. The average Bonchev–Trinajstić information content (AvgIpc) is 3.01. The van der Waals surface area contributed by atoms with E-state index >= 15 is 0 Å². The van der Waals surface area contributed by atoms with Crippen molar-refractivity contribution in [1.29, 1.82) is 0 Å². The molecule has 0 saturated carbocycles. The predicted octanol–water partition coefficient (Wildman–Crippen LogP) is 2.59. The fourth-order valence-electron chi connectivity index (χ4n) is 3.47. The Labute approximate surface area is 179 Å². The zero-order valence-electron chi connectivity index (χ0n) is 17.4. The molecule has 162 valence electrons. The highest BCUT2D eigenvalue weighted by Crippen LogP contribution is 2.40. The number of Topliss-reactive ketones (excluding diaryl/α,β-unsaturated/α-hetero) is 1. The molecule has 1 aliphatic heterocycles. The van der Waals surface area contributed by atoms with Crippen LogP contribution in [0.1, 0.15) is 17.2 Å². The zero-order valence-corrected chi connectivity index (χ0v) is 17.4. The molecule has 9 nitrogen and oxygen atoms in total. The average molecular weight is 425 g/mol. The van der Waals surface area contributed by atoms with E-state index in [2.05, 4.69) is 0 Å². The molecule has 1 unspecified atom stereocenters. The van der Waals surface area contributed by atoms with Gasteiger partial charge in [0.2, 0.25) is 0 Å². The van der Waals surface area contributed by atoms with Crippen molar-refractivity contribution in [3.8, 4) is 5.75 Å². The molecule has 0 radical (unpaired) electrons. The number of hydrogen-bond donors (Lipinski definition) is 1. The molecule has 0 aromatic heterocycles. The summed E-state index contributed by atoms with van der Waals surface area (Å²) in [5.74, 6) is -1.37. The van der Waals surface area contributed by atoms with Crippen molar-refractivity contribution in [3.05, 3.63) is 75.3 Å². The van der Waals surface area contributed by atoms with Crippen LogP contribution in [0, 0.1) is 10.1 Å². The van der Waals surface area contributed by atoms with Gasteiger partial charge in [-0.15, -0.1) is 0 Å². The Morgan fingerprint density at radius 3 is 2.45 bits per heavy atom. The third kappa shape index (κ3) is 4.41. The van der Waals surface area contributed by atoms with Crippen LogP contribution in [-0.4, -0.2) is 65.8 Å². The van der Waals surface area contributed by atoms with E-state index in [1.54, 1.807) is 24.3 Å². The van der Waals surface area contributed by atoms with E-state index < -0.39 is 22.7 Å². The lowest BCUT2D eigenvalue weighted by Crippen LogP contribution is -2.35. The van der Waals surface area contributed by atoms with Crippen LogP contribution in [0.4, 0.5) is 5.69 Å². The summed E-state index contributed by atoms with van der Waals surface area (Å²) in [4.78, 5) is 39.5. The molecule has 0 aliphatic carbocycles. The molecule has 1 atom stereocenters. The molecule has 2 aromatic rings. The van der Waals surface area contributed by atoms with Crippen molar-refractivity contribution >= 4 is 23.1 Å². The van der Waals surface area contributed by atoms with E-state index in [1.807, 2.05) is 19.0 Å². The van der Waals surface area contributed by atoms with E-state index in [0.717, 1.165) is 0 Å². The van der Waals surface area contributed by atoms with Gasteiger partial charge in [-0.1, -0.05) is 12.1 Å². The van der Waals surface area contributed by atoms with Crippen molar-refractivity contribution in [1.82, 2.24) is 9.80 Å². The number of likely N-dealkylation sites (tertiary alicyclic amines) is 1.